The molecule has 0 radical (unpaired) electrons. The summed E-state index contributed by atoms with van der Waals surface area (Å²) in [4.78, 5) is 4.22. The van der Waals surface area contributed by atoms with Crippen molar-refractivity contribution in [3.05, 3.63) is 18.2 Å². The zero-order valence-corrected chi connectivity index (χ0v) is 11.0. The summed E-state index contributed by atoms with van der Waals surface area (Å²) < 4.78 is 2.12. The molecule has 1 aromatic rings. The lowest BCUT2D eigenvalue weighted by molar-refractivity contribution is 0.350. The normalized spacial score (nSPS) is 15.0. The first-order chi connectivity index (χ1) is 7.70. The quantitative estimate of drug-likeness (QED) is 0.770. The van der Waals surface area contributed by atoms with Gasteiger partial charge in [0, 0.05) is 13.2 Å². The molecule has 1 N–H and O–H groups in total. The third-order valence-corrected chi connectivity index (χ3v) is 3.10. The maximum absolute atomic E-state index is 4.22. The van der Waals surface area contributed by atoms with Crippen LogP contribution in [0.15, 0.2) is 12.5 Å². The van der Waals surface area contributed by atoms with Gasteiger partial charge in [-0.3, -0.25) is 0 Å². The van der Waals surface area contributed by atoms with Crippen molar-refractivity contribution in [2.45, 2.75) is 46.1 Å². The van der Waals surface area contributed by atoms with Crippen LogP contribution in [0.2, 0.25) is 0 Å². The molecule has 1 heterocycles. The highest BCUT2D eigenvalue weighted by molar-refractivity contribution is 5.06. The summed E-state index contributed by atoms with van der Waals surface area (Å²) in [6.45, 7) is 7.85. The molecule has 0 bridgehead atoms. The van der Waals surface area contributed by atoms with Gasteiger partial charge in [-0.25, -0.2) is 4.98 Å². The van der Waals surface area contributed by atoms with Gasteiger partial charge in [0.2, 0.25) is 0 Å². The van der Waals surface area contributed by atoms with Crippen molar-refractivity contribution in [1.82, 2.24) is 14.9 Å². The van der Waals surface area contributed by atoms with Crippen molar-refractivity contribution < 1.29 is 0 Å². The SMILES string of the molecule is CCCNC(c1cncn1C)C(C)CCC. The van der Waals surface area contributed by atoms with Gasteiger partial charge in [0.15, 0.2) is 0 Å². The Morgan fingerprint density at radius 2 is 2.12 bits per heavy atom. The van der Waals surface area contributed by atoms with E-state index in [1.54, 1.807) is 0 Å². The average molecular weight is 223 g/mol. The standard InChI is InChI=1S/C13H25N3/c1-5-7-11(3)13(15-8-6-2)12-9-14-10-16(12)4/h9-11,13,15H,5-8H2,1-4H3. The summed E-state index contributed by atoms with van der Waals surface area (Å²) in [5.74, 6) is 0.659. The highest BCUT2D eigenvalue weighted by Gasteiger charge is 2.20. The minimum atomic E-state index is 0.437. The number of aromatic nitrogens is 2. The maximum Gasteiger partial charge on any atom is 0.0946 e. The fourth-order valence-corrected chi connectivity index (χ4v) is 2.19. The molecule has 0 amide bonds. The molecule has 1 aromatic heterocycles. The molecule has 0 spiro atoms. The molecule has 0 aliphatic carbocycles. The lowest BCUT2D eigenvalue weighted by Crippen LogP contribution is -2.29. The first kappa shape index (κ1) is 13.2. The highest BCUT2D eigenvalue weighted by atomic mass is 15.1. The van der Waals surface area contributed by atoms with Gasteiger partial charge in [-0.15, -0.1) is 0 Å². The van der Waals surface area contributed by atoms with Crippen molar-refractivity contribution in [2.24, 2.45) is 13.0 Å². The summed E-state index contributed by atoms with van der Waals surface area (Å²) in [5, 5.41) is 3.64. The van der Waals surface area contributed by atoms with Crippen LogP contribution in [-0.4, -0.2) is 16.1 Å². The second-order valence-electron chi connectivity index (χ2n) is 4.63. The van der Waals surface area contributed by atoms with Crippen LogP contribution in [0, 0.1) is 5.92 Å². The largest absolute Gasteiger partial charge is 0.336 e. The number of aryl methyl sites for hydroxylation is 1. The summed E-state index contributed by atoms with van der Waals surface area (Å²) in [6.07, 6.45) is 7.54. The molecule has 0 aliphatic heterocycles. The van der Waals surface area contributed by atoms with Gasteiger partial charge in [-0.2, -0.15) is 0 Å². The van der Waals surface area contributed by atoms with E-state index >= 15 is 0 Å². The van der Waals surface area contributed by atoms with Crippen LogP contribution in [0.5, 0.6) is 0 Å². The van der Waals surface area contributed by atoms with Crippen LogP contribution in [0.1, 0.15) is 51.8 Å². The third kappa shape index (κ3) is 3.34. The number of rotatable bonds is 7. The summed E-state index contributed by atoms with van der Waals surface area (Å²) in [5.41, 5.74) is 1.30. The Balaban J connectivity index is 2.74. The van der Waals surface area contributed by atoms with Gasteiger partial charge in [0.05, 0.1) is 18.1 Å². The number of imidazole rings is 1. The molecule has 2 atom stereocenters. The van der Waals surface area contributed by atoms with Gasteiger partial charge in [-0.05, 0) is 25.3 Å². The molecule has 3 heteroatoms. The van der Waals surface area contributed by atoms with E-state index in [0.29, 0.717) is 12.0 Å². The second-order valence-corrected chi connectivity index (χ2v) is 4.63. The van der Waals surface area contributed by atoms with Gasteiger partial charge >= 0.3 is 0 Å². The van der Waals surface area contributed by atoms with Crippen LogP contribution >= 0.6 is 0 Å². The van der Waals surface area contributed by atoms with E-state index in [-0.39, 0.29) is 0 Å². The molecule has 92 valence electrons. The zero-order chi connectivity index (χ0) is 12.0. The van der Waals surface area contributed by atoms with Crippen LogP contribution in [0.3, 0.4) is 0 Å². The van der Waals surface area contributed by atoms with E-state index in [4.69, 9.17) is 0 Å². The number of hydrogen-bond acceptors (Lipinski definition) is 2. The monoisotopic (exact) mass is 223 g/mol. The molecular weight excluding hydrogens is 198 g/mol. The fourth-order valence-electron chi connectivity index (χ4n) is 2.19. The highest BCUT2D eigenvalue weighted by Crippen LogP contribution is 2.24. The minimum absolute atomic E-state index is 0.437. The predicted octanol–water partition coefficient (Wildman–Crippen LogP) is 2.90. The predicted molar refractivity (Wildman–Crippen MR) is 68.3 cm³/mol. The van der Waals surface area contributed by atoms with E-state index in [1.807, 2.05) is 12.5 Å². The average Bonchev–Trinajstić information content (AvgIpc) is 2.66. The lowest BCUT2D eigenvalue weighted by atomic mass is 9.94. The van der Waals surface area contributed by atoms with Crippen LogP contribution in [-0.2, 0) is 7.05 Å². The Morgan fingerprint density at radius 3 is 2.62 bits per heavy atom. The van der Waals surface area contributed by atoms with Crippen molar-refractivity contribution in [3.8, 4) is 0 Å². The molecule has 0 fully saturated rings. The van der Waals surface area contributed by atoms with Crippen molar-refractivity contribution in [2.75, 3.05) is 6.54 Å². The summed E-state index contributed by atoms with van der Waals surface area (Å²) >= 11 is 0. The Labute approximate surface area is 99.3 Å². The molecular formula is C13H25N3. The van der Waals surface area contributed by atoms with Crippen molar-refractivity contribution in [3.63, 3.8) is 0 Å². The van der Waals surface area contributed by atoms with E-state index in [0.717, 1.165) is 6.54 Å². The Bertz CT molecular complexity index is 293. The van der Waals surface area contributed by atoms with E-state index in [2.05, 4.69) is 42.7 Å². The Hall–Kier alpha value is -0.830. The first-order valence-electron chi connectivity index (χ1n) is 6.40. The fraction of sp³-hybridized carbons (Fsp3) is 0.769. The van der Waals surface area contributed by atoms with E-state index < -0.39 is 0 Å². The molecule has 16 heavy (non-hydrogen) atoms. The van der Waals surface area contributed by atoms with Gasteiger partial charge in [0.25, 0.3) is 0 Å². The number of hydrogen-bond donors (Lipinski definition) is 1. The van der Waals surface area contributed by atoms with Crippen molar-refractivity contribution >= 4 is 0 Å². The molecule has 0 aliphatic rings. The molecule has 0 saturated heterocycles. The summed E-state index contributed by atoms with van der Waals surface area (Å²) in [7, 11) is 2.07. The third-order valence-electron chi connectivity index (χ3n) is 3.10. The Morgan fingerprint density at radius 1 is 1.38 bits per heavy atom. The first-order valence-corrected chi connectivity index (χ1v) is 6.40. The molecule has 3 nitrogen and oxygen atoms in total. The smallest absolute Gasteiger partial charge is 0.0946 e. The van der Waals surface area contributed by atoms with Gasteiger partial charge in [0.1, 0.15) is 0 Å². The molecule has 0 aromatic carbocycles. The summed E-state index contributed by atoms with van der Waals surface area (Å²) in [6, 6.07) is 0.437. The van der Waals surface area contributed by atoms with E-state index in [1.165, 1.54) is 25.0 Å². The van der Waals surface area contributed by atoms with Crippen LogP contribution < -0.4 is 5.32 Å². The van der Waals surface area contributed by atoms with E-state index in [9.17, 15) is 0 Å². The molecule has 2 unspecified atom stereocenters. The number of nitrogens with one attached hydrogen (secondary N) is 1. The van der Waals surface area contributed by atoms with Crippen LogP contribution in [0.4, 0.5) is 0 Å². The van der Waals surface area contributed by atoms with Crippen LogP contribution in [0.25, 0.3) is 0 Å². The second kappa shape index (κ2) is 6.69. The van der Waals surface area contributed by atoms with Gasteiger partial charge in [-0.1, -0.05) is 27.2 Å². The lowest BCUT2D eigenvalue weighted by Gasteiger charge is -2.25. The number of nitrogens with zero attached hydrogens (tertiary/aromatic N) is 2. The Kier molecular flexibility index (Phi) is 5.53. The minimum Gasteiger partial charge on any atom is -0.336 e. The molecule has 1 rings (SSSR count). The van der Waals surface area contributed by atoms with Crippen molar-refractivity contribution in [1.29, 1.82) is 0 Å². The topological polar surface area (TPSA) is 29.9 Å². The van der Waals surface area contributed by atoms with Gasteiger partial charge < -0.3 is 9.88 Å². The molecule has 0 saturated carbocycles. The zero-order valence-electron chi connectivity index (χ0n) is 11.0. The maximum atomic E-state index is 4.22.